The number of anilines is 1. The van der Waals surface area contributed by atoms with Gasteiger partial charge in [-0.05, 0) is 37.6 Å². The van der Waals surface area contributed by atoms with Crippen LogP contribution in [0.4, 0.5) is 40.9 Å². The molecule has 224 valence electrons. The van der Waals surface area contributed by atoms with Crippen LogP contribution in [0.15, 0.2) is 33.8 Å². The number of hydrogen-bond acceptors (Lipinski definition) is 9. The number of hydroxylamine groups is 1. The number of aryl methyl sites for hydroxylation is 1. The molecule has 2 aromatic heterocycles. The largest absolute Gasteiger partial charge is 0.493 e. The Morgan fingerprint density at radius 3 is 2.41 bits per heavy atom. The van der Waals surface area contributed by atoms with Crippen molar-refractivity contribution in [3.05, 3.63) is 53.0 Å². The SMILES string of the molecule is CN=S1(=O)C[C@@](C)(c2nc(NC(=O)c3ncc(F)cc3C)ccc2F)N=C(NOC(=O)C(F)(F)F)N1CC(F)(F)F. The van der Waals surface area contributed by atoms with Crippen LogP contribution in [0.1, 0.15) is 28.7 Å². The number of rotatable bonds is 4. The molecule has 2 N–H and O–H groups in total. The molecule has 0 radical (unpaired) electrons. The first-order valence-corrected chi connectivity index (χ1v) is 12.6. The third-order valence-electron chi connectivity index (χ3n) is 5.33. The number of aliphatic imine (C=N–C) groups is 1. The van der Waals surface area contributed by atoms with Gasteiger partial charge in [-0.15, -0.1) is 0 Å². The van der Waals surface area contributed by atoms with Crippen molar-refractivity contribution in [2.75, 3.05) is 24.7 Å². The number of alkyl halides is 6. The van der Waals surface area contributed by atoms with Crippen molar-refractivity contribution in [2.24, 2.45) is 9.36 Å². The van der Waals surface area contributed by atoms with Crippen LogP contribution in [0.3, 0.4) is 0 Å². The Labute approximate surface area is 226 Å². The Morgan fingerprint density at radius 2 is 1.85 bits per heavy atom. The second-order valence-electron chi connectivity index (χ2n) is 8.58. The van der Waals surface area contributed by atoms with Gasteiger partial charge < -0.3 is 10.2 Å². The minimum absolute atomic E-state index is 0.0646. The van der Waals surface area contributed by atoms with Crippen molar-refractivity contribution in [3.8, 4) is 0 Å². The van der Waals surface area contributed by atoms with Gasteiger partial charge in [-0.25, -0.2) is 41.4 Å². The summed E-state index contributed by atoms with van der Waals surface area (Å²) in [7, 11) is -3.42. The molecule has 41 heavy (non-hydrogen) atoms. The van der Waals surface area contributed by atoms with Gasteiger partial charge in [-0.1, -0.05) is 0 Å². The Hall–Kier alpha value is -4.10. The van der Waals surface area contributed by atoms with Crippen LogP contribution in [0.5, 0.6) is 0 Å². The normalized spacial score (nSPS) is 21.1. The number of hydrogen-bond donors (Lipinski definition) is 2. The molecule has 0 fully saturated rings. The van der Waals surface area contributed by atoms with E-state index in [4.69, 9.17) is 0 Å². The highest BCUT2D eigenvalue weighted by atomic mass is 32.2. The monoisotopic (exact) mass is 617 g/mol. The van der Waals surface area contributed by atoms with Crippen molar-refractivity contribution >= 4 is 33.6 Å². The predicted octanol–water partition coefficient (Wildman–Crippen LogP) is 3.39. The summed E-state index contributed by atoms with van der Waals surface area (Å²) in [4.78, 5) is 39.0. The lowest BCUT2D eigenvalue weighted by atomic mass is 10.00. The number of amides is 1. The third kappa shape index (κ3) is 7.16. The molecule has 2 atom stereocenters. The number of aromatic nitrogens is 2. The topological polar surface area (TPSA) is 138 Å². The molecule has 20 heteroatoms. The first-order chi connectivity index (χ1) is 18.8. The van der Waals surface area contributed by atoms with Crippen LogP contribution in [0.2, 0.25) is 0 Å². The van der Waals surface area contributed by atoms with E-state index in [0.717, 1.165) is 38.4 Å². The highest BCUT2D eigenvalue weighted by Gasteiger charge is 2.48. The van der Waals surface area contributed by atoms with Crippen molar-refractivity contribution in [1.29, 1.82) is 0 Å². The summed E-state index contributed by atoms with van der Waals surface area (Å²) in [5.41, 5.74) is -1.70. The van der Waals surface area contributed by atoms with E-state index in [9.17, 15) is 44.5 Å². The van der Waals surface area contributed by atoms with Crippen LogP contribution in [-0.4, -0.2) is 68.0 Å². The Balaban J connectivity index is 2.09. The van der Waals surface area contributed by atoms with Gasteiger partial charge in [-0.3, -0.25) is 4.79 Å². The highest BCUT2D eigenvalue weighted by Crippen LogP contribution is 2.36. The van der Waals surface area contributed by atoms with E-state index in [2.05, 4.69) is 29.5 Å². The van der Waals surface area contributed by atoms with Gasteiger partial charge >= 0.3 is 18.3 Å². The third-order valence-corrected chi connectivity index (χ3v) is 7.83. The minimum atomic E-state index is -5.57. The van der Waals surface area contributed by atoms with E-state index >= 15 is 4.39 Å². The van der Waals surface area contributed by atoms with Gasteiger partial charge in [0.1, 0.15) is 50.8 Å². The van der Waals surface area contributed by atoms with E-state index < -0.39 is 75.3 Å². The highest BCUT2D eigenvalue weighted by molar-refractivity contribution is 7.92. The fourth-order valence-electron chi connectivity index (χ4n) is 3.59. The molecule has 0 bridgehead atoms. The fraction of sp³-hybridized carbons (Fsp3) is 0.381. The smallest absolute Gasteiger partial charge is 0.332 e. The first-order valence-electron chi connectivity index (χ1n) is 11.0. The van der Waals surface area contributed by atoms with E-state index in [0.29, 0.717) is 0 Å². The van der Waals surface area contributed by atoms with Crippen LogP contribution >= 0.6 is 0 Å². The molecule has 0 aromatic carbocycles. The molecule has 0 saturated heterocycles. The zero-order valence-electron chi connectivity index (χ0n) is 21.0. The lowest BCUT2D eigenvalue weighted by Gasteiger charge is -2.39. The van der Waals surface area contributed by atoms with Gasteiger partial charge in [0.15, 0.2) is 0 Å². The Bertz CT molecular complexity index is 1520. The van der Waals surface area contributed by atoms with E-state index in [-0.39, 0.29) is 21.4 Å². The number of pyridine rings is 2. The van der Waals surface area contributed by atoms with E-state index in [1.807, 2.05) is 0 Å². The van der Waals surface area contributed by atoms with Gasteiger partial charge in [0.2, 0.25) is 5.96 Å². The minimum Gasteiger partial charge on any atom is -0.332 e. The number of nitrogens with one attached hydrogen (secondary N) is 2. The van der Waals surface area contributed by atoms with Crippen LogP contribution < -0.4 is 10.8 Å². The molecule has 0 aliphatic carbocycles. The average Bonchev–Trinajstić information content (AvgIpc) is 2.84. The van der Waals surface area contributed by atoms with Gasteiger partial charge in [0.25, 0.3) is 5.91 Å². The summed E-state index contributed by atoms with van der Waals surface area (Å²) in [6, 6.07) is 2.77. The summed E-state index contributed by atoms with van der Waals surface area (Å²) in [5.74, 6) is -8.30. The fourth-order valence-corrected chi connectivity index (χ4v) is 5.70. The van der Waals surface area contributed by atoms with E-state index in [1.54, 1.807) is 0 Å². The van der Waals surface area contributed by atoms with Crippen LogP contribution in [0, 0.1) is 18.6 Å². The number of halogens is 8. The number of nitrogens with zero attached hydrogens (tertiary/aromatic N) is 5. The summed E-state index contributed by atoms with van der Waals surface area (Å²) in [6.45, 7) is 0.341. The molecule has 1 unspecified atom stereocenters. The predicted molar refractivity (Wildman–Crippen MR) is 125 cm³/mol. The number of guanidine groups is 1. The van der Waals surface area contributed by atoms with Gasteiger partial charge in [0, 0.05) is 7.05 Å². The maximum atomic E-state index is 15.0. The van der Waals surface area contributed by atoms with Crippen molar-refractivity contribution < 1.29 is 53.8 Å². The second kappa shape index (κ2) is 11.1. The Morgan fingerprint density at radius 1 is 1.20 bits per heavy atom. The molecule has 0 saturated carbocycles. The first kappa shape index (κ1) is 31.4. The standard InChI is InChI=1S/C21H19F8N7O4S/c1-10-6-11(22)7-31-14(10)16(37)33-13-5-4-12(23)15(32-13)19(2)9-41(39,30-3)36(8-20(24,25)26)18(34-19)35-40-17(38)21(27,28)29/h4-7H,8-9H2,1-3H3,(H,34,35)(H,32,33,37)/t19-,41?/m0/s1. The quantitative estimate of drug-likeness (QED) is 0.396. The molecule has 1 amide bonds. The molecule has 1 aliphatic rings. The number of carbonyl (C=O) groups excluding carboxylic acids is 2. The maximum Gasteiger partial charge on any atom is 0.493 e. The summed E-state index contributed by atoms with van der Waals surface area (Å²) in [5, 5.41) is 2.27. The zero-order valence-corrected chi connectivity index (χ0v) is 21.8. The lowest BCUT2D eigenvalue weighted by molar-refractivity contribution is -0.204. The molecular weight excluding hydrogens is 598 g/mol. The van der Waals surface area contributed by atoms with Gasteiger partial charge in [0.05, 0.1) is 11.9 Å². The molecular formula is C21H19F8N7O4S. The molecule has 2 aromatic rings. The number of carbonyl (C=O) groups is 2. The van der Waals surface area contributed by atoms with Crippen molar-refractivity contribution in [2.45, 2.75) is 31.7 Å². The average molecular weight is 617 g/mol. The molecule has 3 rings (SSSR count). The Kier molecular flexibility index (Phi) is 8.47. The van der Waals surface area contributed by atoms with Gasteiger partial charge in [-0.2, -0.15) is 31.8 Å². The van der Waals surface area contributed by atoms with Crippen molar-refractivity contribution in [3.63, 3.8) is 0 Å². The van der Waals surface area contributed by atoms with E-state index in [1.165, 1.54) is 12.4 Å². The van der Waals surface area contributed by atoms with Crippen molar-refractivity contribution in [1.82, 2.24) is 19.8 Å². The van der Waals surface area contributed by atoms with Crippen LogP contribution in [-0.2, 0) is 25.1 Å². The second-order valence-corrected chi connectivity index (χ2v) is 10.9. The summed E-state index contributed by atoms with van der Waals surface area (Å²) < 4.78 is 123. The molecule has 0 spiro atoms. The zero-order chi connectivity index (χ0) is 31.0. The molecule has 1 aliphatic heterocycles. The summed E-state index contributed by atoms with van der Waals surface area (Å²) in [6.07, 6.45) is -9.91. The molecule has 11 nitrogen and oxygen atoms in total. The maximum absolute atomic E-state index is 15.0. The summed E-state index contributed by atoms with van der Waals surface area (Å²) >= 11 is 0. The van der Waals surface area contributed by atoms with Crippen LogP contribution in [0.25, 0.3) is 0 Å². The molecule has 3 heterocycles. The lowest BCUT2D eigenvalue weighted by Crippen LogP contribution is -2.57.